The minimum Gasteiger partial charge on any atom is -0.310 e. The number of anilines is 3. The highest BCUT2D eigenvalue weighted by atomic mass is 15.1. The molecule has 0 amide bonds. The minimum absolute atomic E-state index is 1.11. The summed E-state index contributed by atoms with van der Waals surface area (Å²) < 4.78 is 2.38. The molecule has 0 unspecified atom stereocenters. The van der Waals surface area contributed by atoms with Gasteiger partial charge >= 0.3 is 0 Å². The molecule has 9 aromatic carbocycles. The Labute approximate surface area is 290 Å². The summed E-state index contributed by atoms with van der Waals surface area (Å²) in [5, 5.41) is 10.1. The molecule has 0 spiro atoms. The van der Waals surface area contributed by atoms with Crippen LogP contribution in [0.2, 0.25) is 0 Å². The Kier molecular flexibility index (Phi) is 6.53. The molecule has 50 heavy (non-hydrogen) atoms. The zero-order valence-electron chi connectivity index (χ0n) is 27.4. The van der Waals surface area contributed by atoms with E-state index in [4.69, 9.17) is 0 Å². The molecular formula is C48H32N2. The van der Waals surface area contributed by atoms with E-state index in [1.54, 1.807) is 0 Å². The fourth-order valence-corrected chi connectivity index (χ4v) is 7.95. The maximum atomic E-state index is 2.40. The molecule has 0 saturated carbocycles. The molecule has 2 nitrogen and oxygen atoms in total. The largest absolute Gasteiger partial charge is 0.310 e. The van der Waals surface area contributed by atoms with Gasteiger partial charge < -0.3 is 9.47 Å². The predicted molar refractivity (Wildman–Crippen MR) is 213 cm³/mol. The second-order valence-electron chi connectivity index (χ2n) is 12.9. The van der Waals surface area contributed by atoms with Crippen LogP contribution in [-0.4, -0.2) is 4.57 Å². The van der Waals surface area contributed by atoms with E-state index in [1.807, 2.05) is 0 Å². The van der Waals surface area contributed by atoms with Crippen molar-refractivity contribution >= 4 is 71.2 Å². The maximum Gasteiger partial charge on any atom is 0.0562 e. The summed E-state index contributed by atoms with van der Waals surface area (Å²) in [6.45, 7) is 0. The molecular weight excluding hydrogens is 605 g/mol. The second kappa shape index (κ2) is 11.5. The van der Waals surface area contributed by atoms with Crippen molar-refractivity contribution in [2.24, 2.45) is 0 Å². The average Bonchev–Trinajstić information content (AvgIpc) is 3.53. The lowest BCUT2D eigenvalue weighted by Crippen LogP contribution is -2.10. The SMILES string of the molecule is c1ccc(N(c2ccc(-c3cc4ccccc4c4ccc5ccccc5c34)cc2)c2cccc3c2c2ccccc2n3-c2ccccc2)cc1. The molecule has 0 aliphatic rings. The Balaban J connectivity index is 1.20. The number of fused-ring (bicyclic) bond motifs is 8. The van der Waals surface area contributed by atoms with Gasteiger partial charge in [0.2, 0.25) is 0 Å². The van der Waals surface area contributed by atoms with E-state index in [2.05, 4.69) is 204 Å². The van der Waals surface area contributed by atoms with Gasteiger partial charge in [0.05, 0.1) is 16.7 Å². The first-order chi connectivity index (χ1) is 24.8. The van der Waals surface area contributed by atoms with Crippen molar-refractivity contribution in [1.82, 2.24) is 4.57 Å². The summed E-state index contributed by atoms with van der Waals surface area (Å²) in [5.74, 6) is 0. The Morgan fingerprint density at radius 2 is 0.980 bits per heavy atom. The number of para-hydroxylation sites is 3. The molecule has 1 heterocycles. The molecule has 0 bridgehead atoms. The third-order valence-corrected chi connectivity index (χ3v) is 10.1. The molecule has 234 valence electrons. The summed E-state index contributed by atoms with van der Waals surface area (Å²) in [6.07, 6.45) is 0. The Morgan fingerprint density at radius 1 is 0.360 bits per heavy atom. The summed E-state index contributed by atoms with van der Waals surface area (Å²) in [6, 6.07) is 70.4. The summed E-state index contributed by atoms with van der Waals surface area (Å²) in [7, 11) is 0. The van der Waals surface area contributed by atoms with Gasteiger partial charge in [0, 0.05) is 27.8 Å². The quantitative estimate of drug-likeness (QED) is 0.171. The predicted octanol–water partition coefficient (Wildman–Crippen LogP) is 13.4. The number of nitrogens with zero attached hydrogens (tertiary/aromatic N) is 2. The lowest BCUT2D eigenvalue weighted by Gasteiger charge is -2.27. The fraction of sp³-hybridized carbons (Fsp3) is 0. The van der Waals surface area contributed by atoms with Gasteiger partial charge in [0.1, 0.15) is 0 Å². The van der Waals surface area contributed by atoms with Gasteiger partial charge in [0.25, 0.3) is 0 Å². The van der Waals surface area contributed by atoms with Crippen LogP contribution in [0.15, 0.2) is 194 Å². The third kappa shape index (κ3) is 4.43. The number of rotatable bonds is 5. The number of hydrogen-bond acceptors (Lipinski definition) is 1. The number of aromatic nitrogens is 1. The van der Waals surface area contributed by atoms with Gasteiger partial charge in [0.15, 0.2) is 0 Å². The highest BCUT2D eigenvalue weighted by molar-refractivity contribution is 6.23. The highest BCUT2D eigenvalue weighted by Gasteiger charge is 2.21. The standard InChI is InChI=1S/C48H32N2/c1-3-16-36(17-4-1)49(45-24-13-25-46-48(45)42-22-11-12-23-44(42)50(46)37-18-5-2-6-19-37)38-29-26-34(27-30-38)43-32-35-15-8-9-20-39(35)41-31-28-33-14-7-10-21-40(33)47(41)43/h1-32H. The van der Waals surface area contributed by atoms with Crippen LogP contribution in [0.5, 0.6) is 0 Å². The molecule has 0 radical (unpaired) electrons. The summed E-state index contributed by atoms with van der Waals surface area (Å²) in [5.41, 5.74) is 9.36. The van der Waals surface area contributed by atoms with Crippen LogP contribution < -0.4 is 4.90 Å². The monoisotopic (exact) mass is 636 g/mol. The first-order valence-electron chi connectivity index (χ1n) is 17.2. The molecule has 0 fully saturated rings. The summed E-state index contributed by atoms with van der Waals surface area (Å²) >= 11 is 0. The van der Waals surface area contributed by atoms with Crippen molar-refractivity contribution in [1.29, 1.82) is 0 Å². The number of benzene rings is 9. The van der Waals surface area contributed by atoms with Crippen molar-refractivity contribution in [3.05, 3.63) is 194 Å². The fourth-order valence-electron chi connectivity index (χ4n) is 7.95. The molecule has 10 rings (SSSR count). The minimum atomic E-state index is 1.11. The molecule has 0 atom stereocenters. The van der Waals surface area contributed by atoms with Crippen LogP contribution in [0.25, 0.3) is 70.9 Å². The summed E-state index contributed by atoms with van der Waals surface area (Å²) in [4.78, 5) is 2.40. The van der Waals surface area contributed by atoms with Crippen LogP contribution in [0.1, 0.15) is 0 Å². The Morgan fingerprint density at radius 3 is 1.78 bits per heavy atom. The van der Waals surface area contributed by atoms with Crippen molar-refractivity contribution < 1.29 is 0 Å². The van der Waals surface area contributed by atoms with Crippen molar-refractivity contribution in [2.75, 3.05) is 4.90 Å². The molecule has 0 aliphatic carbocycles. The van der Waals surface area contributed by atoms with Gasteiger partial charge in [-0.2, -0.15) is 0 Å². The Hall–Kier alpha value is -6.64. The highest BCUT2D eigenvalue weighted by Crippen LogP contribution is 2.45. The van der Waals surface area contributed by atoms with Crippen molar-refractivity contribution in [3.63, 3.8) is 0 Å². The molecule has 0 N–H and O–H groups in total. The second-order valence-corrected chi connectivity index (χ2v) is 12.9. The lowest BCUT2D eigenvalue weighted by molar-refractivity contribution is 1.18. The molecule has 0 aliphatic heterocycles. The smallest absolute Gasteiger partial charge is 0.0562 e. The van der Waals surface area contributed by atoms with Gasteiger partial charge in [-0.3, -0.25) is 0 Å². The molecule has 1 aromatic heterocycles. The normalized spacial score (nSPS) is 11.6. The van der Waals surface area contributed by atoms with Crippen LogP contribution in [-0.2, 0) is 0 Å². The maximum absolute atomic E-state index is 2.40. The molecule has 0 saturated heterocycles. The van der Waals surface area contributed by atoms with Gasteiger partial charge in [-0.25, -0.2) is 0 Å². The van der Waals surface area contributed by atoms with Crippen LogP contribution in [0.4, 0.5) is 17.1 Å². The van der Waals surface area contributed by atoms with E-state index in [-0.39, 0.29) is 0 Å². The first kappa shape index (κ1) is 28.4. The van der Waals surface area contributed by atoms with E-state index in [0.717, 1.165) is 22.7 Å². The van der Waals surface area contributed by atoms with Crippen molar-refractivity contribution in [3.8, 4) is 16.8 Å². The van der Waals surface area contributed by atoms with E-state index >= 15 is 0 Å². The van der Waals surface area contributed by atoms with Crippen LogP contribution in [0, 0.1) is 0 Å². The third-order valence-electron chi connectivity index (χ3n) is 10.1. The zero-order valence-corrected chi connectivity index (χ0v) is 27.4. The van der Waals surface area contributed by atoms with Crippen molar-refractivity contribution in [2.45, 2.75) is 0 Å². The van der Waals surface area contributed by atoms with E-state index < -0.39 is 0 Å². The van der Waals surface area contributed by atoms with Gasteiger partial charge in [-0.15, -0.1) is 0 Å². The lowest BCUT2D eigenvalue weighted by atomic mass is 9.90. The van der Waals surface area contributed by atoms with Crippen LogP contribution in [0.3, 0.4) is 0 Å². The average molecular weight is 637 g/mol. The topological polar surface area (TPSA) is 8.17 Å². The van der Waals surface area contributed by atoms with Crippen LogP contribution >= 0.6 is 0 Å². The molecule has 2 heteroatoms. The van der Waals surface area contributed by atoms with E-state index in [1.165, 1.54) is 65.3 Å². The van der Waals surface area contributed by atoms with Gasteiger partial charge in [-0.05, 0) is 104 Å². The zero-order chi connectivity index (χ0) is 33.0. The van der Waals surface area contributed by atoms with Gasteiger partial charge in [-0.1, -0.05) is 133 Å². The molecule has 10 aromatic rings. The Bertz CT molecular complexity index is 2850. The van der Waals surface area contributed by atoms with E-state index in [9.17, 15) is 0 Å². The first-order valence-corrected chi connectivity index (χ1v) is 17.2. The van der Waals surface area contributed by atoms with E-state index in [0.29, 0.717) is 0 Å². The number of hydrogen-bond donors (Lipinski definition) is 0.